The van der Waals surface area contributed by atoms with Crippen molar-refractivity contribution in [3.63, 3.8) is 0 Å². The average molecular weight is 158 g/mol. The van der Waals surface area contributed by atoms with Crippen molar-refractivity contribution in [2.45, 2.75) is 12.5 Å². The zero-order valence-corrected chi connectivity index (χ0v) is 5.82. The number of aromatic amines is 1. The van der Waals surface area contributed by atoms with E-state index in [0.717, 1.165) is 5.69 Å². The van der Waals surface area contributed by atoms with Gasteiger partial charge in [-0.05, 0) is 0 Å². The fourth-order valence-electron chi connectivity index (χ4n) is 0.721. The van der Waals surface area contributed by atoms with Crippen LogP contribution >= 0.6 is 0 Å². The molecule has 0 saturated heterocycles. The van der Waals surface area contributed by atoms with Crippen molar-refractivity contribution < 1.29 is 9.90 Å². The van der Waals surface area contributed by atoms with Crippen LogP contribution in [0.15, 0.2) is 12.5 Å². The maximum atomic E-state index is 10.3. The molecule has 11 heavy (non-hydrogen) atoms. The van der Waals surface area contributed by atoms with Gasteiger partial charge in [-0.1, -0.05) is 0 Å². The summed E-state index contributed by atoms with van der Waals surface area (Å²) in [5.41, 5.74) is 6.00. The number of carboxylic acids is 1. The molecule has 0 aromatic carbocycles. The molecule has 60 valence electrons. The number of imidazole rings is 1. The number of H-pyrrole nitrogens is 1. The molecule has 1 aromatic heterocycles. The van der Waals surface area contributed by atoms with Gasteiger partial charge in [0.2, 0.25) is 0 Å². The molecule has 0 radical (unpaired) electrons. The minimum Gasteiger partial charge on any atom is -0.480 e. The average Bonchev–Trinajstić information content (AvgIpc) is 2.39. The Bertz CT molecular complexity index is 232. The van der Waals surface area contributed by atoms with Gasteiger partial charge in [-0.3, -0.25) is 4.79 Å². The molecule has 0 fully saturated rings. The molecule has 1 aromatic rings. The molecule has 0 aliphatic carbocycles. The van der Waals surface area contributed by atoms with Gasteiger partial charge in [0, 0.05) is 18.3 Å². The van der Waals surface area contributed by atoms with Gasteiger partial charge in [-0.25, -0.2) is 4.98 Å². The van der Waals surface area contributed by atoms with E-state index in [4.69, 9.17) is 10.8 Å². The van der Waals surface area contributed by atoms with Gasteiger partial charge in [-0.15, -0.1) is 0 Å². The summed E-state index contributed by atoms with van der Waals surface area (Å²) in [6, 6.07) is -0.851. The molecule has 0 bridgehead atoms. The summed E-state index contributed by atoms with van der Waals surface area (Å²) in [6.07, 6.45) is 3.34. The number of aromatic nitrogens is 2. The molecule has 5 nitrogen and oxygen atoms in total. The molecule has 0 unspecified atom stereocenters. The Balaban J connectivity index is 2.50. The first-order valence-electron chi connectivity index (χ1n) is 3.16. The summed E-state index contributed by atoms with van der Waals surface area (Å²) in [5, 5.41) is 8.42. The predicted octanol–water partition coefficient (Wildman–Crippen LogP) is -0.636. The van der Waals surface area contributed by atoms with Crippen molar-refractivity contribution in [3.8, 4) is 0 Å². The Morgan fingerprint density at radius 3 is 3.09 bits per heavy atom. The number of carboxylic acid groups (broad SMARTS) is 1. The molecule has 0 aliphatic rings. The van der Waals surface area contributed by atoms with Crippen LogP contribution in [0.25, 0.3) is 0 Å². The first-order valence-corrected chi connectivity index (χ1v) is 3.16. The van der Waals surface area contributed by atoms with Crippen molar-refractivity contribution in [3.05, 3.63) is 18.2 Å². The van der Waals surface area contributed by atoms with Crippen LogP contribution in [0.5, 0.6) is 0 Å². The van der Waals surface area contributed by atoms with E-state index in [1.165, 1.54) is 6.33 Å². The molecule has 5 heteroatoms. The highest BCUT2D eigenvalue weighted by Gasteiger charge is 2.11. The van der Waals surface area contributed by atoms with Gasteiger partial charge in [0.15, 0.2) is 0 Å². The van der Waals surface area contributed by atoms with E-state index in [-0.39, 0.29) is 6.42 Å². The Morgan fingerprint density at radius 2 is 2.64 bits per heavy atom. The van der Waals surface area contributed by atoms with Crippen LogP contribution in [0.4, 0.5) is 0 Å². The van der Waals surface area contributed by atoms with E-state index < -0.39 is 12.0 Å². The number of hydrogen-bond donors (Lipinski definition) is 3. The number of carbonyl (C=O) groups is 1. The molecule has 0 saturated carbocycles. The summed E-state index contributed by atoms with van der Waals surface area (Å²) >= 11 is 0. The first-order chi connectivity index (χ1) is 5.20. The largest absolute Gasteiger partial charge is 0.480 e. The molecule has 0 amide bonds. The SMILES string of the molecule is [15NH2][C@@H](Cc1c[15n]c[15nH]1)C(=O)O. The summed E-state index contributed by atoms with van der Waals surface area (Å²) in [5.74, 6) is -1.00. The van der Waals surface area contributed by atoms with Crippen LogP contribution < -0.4 is 5.73 Å². The maximum Gasteiger partial charge on any atom is 0.320 e. The Labute approximate surface area is 63.3 Å². The van der Waals surface area contributed by atoms with Crippen LogP contribution in [0.3, 0.4) is 0 Å². The summed E-state index contributed by atoms with van der Waals surface area (Å²) in [6.45, 7) is 0. The van der Waals surface area contributed by atoms with Crippen molar-refractivity contribution >= 4 is 5.97 Å². The van der Waals surface area contributed by atoms with E-state index in [1.54, 1.807) is 6.20 Å². The van der Waals surface area contributed by atoms with Gasteiger partial charge in [0.1, 0.15) is 6.04 Å². The quantitative estimate of drug-likeness (QED) is 0.510. The third kappa shape index (κ3) is 2.05. The van der Waals surface area contributed by atoms with Crippen LogP contribution in [0.2, 0.25) is 0 Å². The van der Waals surface area contributed by atoms with Crippen molar-refractivity contribution in [1.29, 1.82) is 0 Å². The van der Waals surface area contributed by atoms with Crippen molar-refractivity contribution in [1.82, 2.24) is 9.97 Å². The summed E-state index contributed by atoms with van der Waals surface area (Å²) in [4.78, 5) is 16.8. The fourth-order valence-corrected chi connectivity index (χ4v) is 0.721. The summed E-state index contributed by atoms with van der Waals surface area (Å²) < 4.78 is 0. The van der Waals surface area contributed by atoms with Crippen LogP contribution in [0.1, 0.15) is 5.69 Å². The number of nitrogens with zero attached hydrogens (tertiary/aromatic N) is 1. The molecule has 1 rings (SSSR count). The van der Waals surface area contributed by atoms with Gasteiger partial charge < -0.3 is 15.8 Å². The minimum absolute atomic E-state index is 0.287. The van der Waals surface area contributed by atoms with Gasteiger partial charge in [-0.2, -0.15) is 0 Å². The lowest BCUT2D eigenvalue weighted by molar-refractivity contribution is -0.138. The molecular formula is C6H9N3O2. The monoisotopic (exact) mass is 158 g/mol. The second-order valence-corrected chi connectivity index (χ2v) is 2.23. The third-order valence-corrected chi connectivity index (χ3v) is 1.31. The molecule has 4 N–H and O–H groups in total. The molecular weight excluding hydrogens is 149 g/mol. The van der Waals surface area contributed by atoms with Crippen LogP contribution in [0, 0.1) is 0 Å². The number of aliphatic carboxylic acids is 1. The standard InChI is InChI=1S/C6H9N3O2/c7-5(6(10)11)1-4-2-8-3-9-4/h2-3,5H,1,7H2,(H,8,9)(H,10,11)/t5-/m0/s1/i7+1,8+1,9+1. The Morgan fingerprint density at radius 1 is 1.91 bits per heavy atom. The van der Waals surface area contributed by atoms with Crippen LogP contribution in [-0.2, 0) is 11.2 Å². The van der Waals surface area contributed by atoms with Crippen molar-refractivity contribution in [2.75, 3.05) is 0 Å². The predicted molar refractivity (Wildman–Crippen MR) is 37.9 cm³/mol. The lowest BCUT2D eigenvalue weighted by Gasteiger charge is -2.02. The molecule has 1 atom stereocenters. The lowest BCUT2D eigenvalue weighted by Crippen LogP contribution is -2.32. The highest BCUT2D eigenvalue weighted by molar-refractivity contribution is 5.73. The van der Waals surface area contributed by atoms with E-state index in [9.17, 15) is 4.79 Å². The summed E-state index contributed by atoms with van der Waals surface area (Å²) in [7, 11) is 0. The third-order valence-electron chi connectivity index (χ3n) is 1.31. The van der Waals surface area contributed by atoms with Gasteiger partial charge in [0.05, 0.1) is 6.33 Å². The highest BCUT2D eigenvalue weighted by atomic mass is 16.4. The second-order valence-electron chi connectivity index (χ2n) is 2.23. The Hall–Kier alpha value is -1.36. The van der Waals surface area contributed by atoms with E-state index >= 15 is 0 Å². The zero-order valence-electron chi connectivity index (χ0n) is 5.82. The first kappa shape index (κ1) is 7.74. The van der Waals surface area contributed by atoms with Gasteiger partial charge in [0.25, 0.3) is 0 Å². The normalized spacial score (nSPS) is 12.8. The highest BCUT2D eigenvalue weighted by Crippen LogP contribution is 1.95. The number of hydrogen-bond acceptors (Lipinski definition) is 3. The fraction of sp³-hybridized carbons (Fsp3) is 0.333. The smallest absolute Gasteiger partial charge is 0.320 e. The zero-order chi connectivity index (χ0) is 8.27. The number of rotatable bonds is 3. The van der Waals surface area contributed by atoms with Gasteiger partial charge >= 0.3 is 5.97 Å². The minimum atomic E-state index is -1.00. The van der Waals surface area contributed by atoms with E-state index in [0.29, 0.717) is 0 Å². The maximum absolute atomic E-state index is 10.3. The Kier molecular flexibility index (Phi) is 2.22. The molecule has 0 aliphatic heterocycles. The van der Waals surface area contributed by atoms with E-state index in [1.807, 2.05) is 0 Å². The van der Waals surface area contributed by atoms with E-state index in [2.05, 4.69) is 9.97 Å². The number of nitrogens with one attached hydrogen (secondary N) is 1. The van der Waals surface area contributed by atoms with Crippen molar-refractivity contribution in [2.24, 2.45) is 5.73 Å². The lowest BCUT2D eigenvalue weighted by atomic mass is 10.2. The second kappa shape index (κ2) is 3.16. The van der Waals surface area contributed by atoms with Crippen LogP contribution in [-0.4, -0.2) is 27.1 Å². The topological polar surface area (TPSA) is 92.0 Å². The molecule has 1 heterocycles. The molecule has 0 spiro atoms. The number of nitrogens with two attached hydrogens (primary N) is 1.